The molecule has 0 spiro atoms. The van der Waals surface area contributed by atoms with E-state index in [1.165, 1.54) is 56.9 Å². The summed E-state index contributed by atoms with van der Waals surface area (Å²) in [5, 5.41) is 0. The van der Waals surface area contributed by atoms with Gasteiger partial charge in [-0.2, -0.15) is 0 Å². The molecular formula is C30H42O2. The summed E-state index contributed by atoms with van der Waals surface area (Å²) < 4.78 is 5.75. The van der Waals surface area contributed by atoms with Crippen LogP contribution in [0.2, 0.25) is 0 Å². The molecule has 4 atom stereocenters. The number of hydrogen-bond acceptors (Lipinski definition) is 2. The molecule has 0 bridgehead atoms. The molecule has 4 unspecified atom stereocenters. The summed E-state index contributed by atoms with van der Waals surface area (Å²) in [6, 6.07) is 8.08. The quantitative estimate of drug-likeness (QED) is 0.247. The van der Waals surface area contributed by atoms with Gasteiger partial charge in [0.2, 0.25) is 0 Å². The Labute approximate surface area is 195 Å². The van der Waals surface area contributed by atoms with Crippen molar-refractivity contribution >= 4 is 5.97 Å². The minimum Gasteiger partial charge on any atom is -0.426 e. The van der Waals surface area contributed by atoms with Gasteiger partial charge in [0.05, 0.1) is 5.92 Å². The van der Waals surface area contributed by atoms with Crippen LogP contribution in [0.25, 0.3) is 0 Å². The van der Waals surface area contributed by atoms with Crippen LogP contribution < -0.4 is 4.74 Å². The van der Waals surface area contributed by atoms with E-state index < -0.39 is 0 Å². The van der Waals surface area contributed by atoms with Crippen molar-refractivity contribution in [1.82, 2.24) is 0 Å². The molecule has 0 saturated heterocycles. The summed E-state index contributed by atoms with van der Waals surface area (Å²) in [5.41, 5.74) is 1.29. The minimum atomic E-state index is -0.0171. The maximum Gasteiger partial charge on any atom is 0.314 e. The zero-order valence-corrected chi connectivity index (χ0v) is 20.0. The van der Waals surface area contributed by atoms with E-state index in [-0.39, 0.29) is 11.9 Å². The van der Waals surface area contributed by atoms with E-state index in [1.54, 1.807) is 0 Å². The average molecular weight is 435 g/mol. The molecule has 0 heterocycles. The van der Waals surface area contributed by atoms with Crippen molar-refractivity contribution in [3.05, 3.63) is 54.6 Å². The molecule has 174 valence electrons. The molecule has 3 aliphatic carbocycles. The zero-order chi connectivity index (χ0) is 22.3. The highest BCUT2D eigenvalue weighted by molar-refractivity contribution is 5.75. The van der Waals surface area contributed by atoms with Crippen LogP contribution in [0.5, 0.6) is 5.75 Å². The molecule has 0 N–H and O–H groups in total. The van der Waals surface area contributed by atoms with Gasteiger partial charge >= 0.3 is 5.97 Å². The lowest BCUT2D eigenvalue weighted by atomic mass is 9.61. The maximum absolute atomic E-state index is 12.8. The molecular weight excluding hydrogens is 392 g/mol. The van der Waals surface area contributed by atoms with Gasteiger partial charge in [0.1, 0.15) is 5.75 Å². The minimum absolute atomic E-state index is 0.0171. The SMILES string of the molecule is C=CC1CCC2CC(C3CCC(C(=O)Oc4ccc(CC/C=C/C)cc4)CC3)CCC2C1. The van der Waals surface area contributed by atoms with Crippen molar-refractivity contribution in [2.24, 2.45) is 35.5 Å². The Balaban J connectivity index is 1.21. The number of rotatable bonds is 7. The van der Waals surface area contributed by atoms with E-state index >= 15 is 0 Å². The molecule has 0 aliphatic heterocycles. The van der Waals surface area contributed by atoms with Gasteiger partial charge in [0.25, 0.3) is 0 Å². The van der Waals surface area contributed by atoms with E-state index in [2.05, 4.69) is 43.9 Å². The van der Waals surface area contributed by atoms with Gasteiger partial charge in [0.15, 0.2) is 0 Å². The lowest BCUT2D eigenvalue weighted by Crippen LogP contribution is -2.35. The molecule has 3 aliphatic rings. The molecule has 3 saturated carbocycles. The van der Waals surface area contributed by atoms with Crippen LogP contribution in [-0.2, 0) is 11.2 Å². The highest BCUT2D eigenvalue weighted by Crippen LogP contribution is 2.49. The number of fused-ring (bicyclic) bond motifs is 1. The van der Waals surface area contributed by atoms with Crippen LogP contribution in [0.15, 0.2) is 49.1 Å². The fraction of sp³-hybridized carbons (Fsp3) is 0.633. The third-order valence-electron chi connectivity index (χ3n) is 8.78. The molecule has 2 nitrogen and oxygen atoms in total. The standard InChI is InChI=1S/C30H42O2/c1-3-5-6-7-23-9-18-29(19-10-23)32-30(31)25-14-12-24(13-15-25)27-17-16-26-20-22(4-2)8-11-28(26)21-27/h3-5,9-10,18-19,22,24-28H,2,6-8,11-17,20-21H2,1H3/b5-3+. The molecule has 4 rings (SSSR count). The Morgan fingerprint density at radius 3 is 2.22 bits per heavy atom. The largest absolute Gasteiger partial charge is 0.426 e. The Bertz CT molecular complexity index is 769. The summed E-state index contributed by atoms with van der Waals surface area (Å²) in [4.78, 5) is 12.8. The summed E-state index contributed by atoms with van der Waals surface area (Å²) >= 11 is 0. The van der Waals surface area contributed by atoms with Crippen LogP contribution in [0, 0.1) is 35.5 Å². The second-order valence-electron chi connectivity index (χ2n) is 10.7. The summed E-state index contributed by atoms with van der Waals surface area (Å²) in [6.07, 6.45) is 21.4. The van der Waals surface area contributed by atoms with Gasteiger partial charge in [-0.25, -0.2) is 0 Å². The van der Waals surface area contributed by atoms with Gasteiger partial charge in [-0.1, -0.05) is 30.4 Å². The highest BCUT2D eigenvalue weighted by Gasteiger charge is 2.39. The summed E-state index contributed by atoms with van der Waals surface area (Å²) in [5.74, 6) is 5.15. The lowest BCUT2D eigenvalue weighted by Gasteiger charge is -2.45. The van der Waals surface area contributed by atoms with E-state index in [0.29, 0.717) is 5.75 Å². The van der Waals surface area contributed by atoms with Crippen molar-refractivity contribution in [1.29, 1.82) is 0 Å². The Kier molecular flexibility index (Phi) is 8.27. The molecule has 1 aromatic carbocycles. The molecule has 3 fully saturated rings. The lowest BCUT2D eigenvalue weighted by molar-refractivity contribution is -0.140. The second-order valence-corrected chi connectivity index (χ2v) is 10.7. The summed E-state index contributed by atoms with van der Waals surface area (Å²) in [7, 11) is 0. The summed E-state index contributed by atoms with van der Waals surface area (Å²) in [6.45, 7) is 6.09. The number of allylic oxidation sites excluding steroid dienone is 3. The third kappa shape index (κ3) is 5.94. The van der Waals surface area contributed by atoms with Crippen molar-refractivity contribution in [3.63, 3.8) is 0 Å². The Hall–Kier alpha value is -1.83. The highest BCUT2D eigenvalue weighted by atomic mass is 16.5. The van der Waals surface area contributed by atoms with Crippen LogP contribution in [0.1, 0.15) is 83.1 Å². The van der Waals surface area contributed by atoms with Crippen LogP contribution in [-0.4, -0.2) is 5.97 Å². The third-order valence-corrected chi connectivity index (χ3v) is 8.78. The molecule has 32 heavy (non-hydrogen) atoms. The van der Waals surface area contributed by atoms with Crippen LogP contribution in [0.3, 0.4) is 0 Å². The molecule has 2 heteroatoms. The molecule has 1 aromatic rings. The normalized spacial score (nSPS) is 32.9. The molecule has 0 aromatic heterocycles. The van der Waals surface area contributed by atoms with Crippen molar-refractivity contribution < 1.29 is 9.53 Å². The van der Waals surface area contributed by atoms with E-state index in [4.69, 9.17) is 4.74 Å². The number of hydrogen-bond donors (Lipinski definition) is 0. The zero-order valence-electron chi connectivity index (χ0n) is 20.0. The predicted molar refractivity (Wildman–Crippen MR) is 133 cm³/mol. The number of ether oxygens (including phenoxy) is 1. The Morgan fingerprint density at radius 1 is 0.906 bits per heavy atom. The fourth-order valence-electron chi connectivity index (χ4n) is 6.77. The van der Waals surface area contributed by atoms with Crippen molar-refractivity contribution in [2.45, 2.75) is 84.0 Å². The monoisotopic (exact) mass is 434 g/mol. The Morgan fingerprint density at radius 2 is 1.53 bits per heavy atom. The van der Waals surface area contributed by atoms with Gasteiger partial charge in [-0.05, 0) is 131 Å². The van der Waals surface area contributed by atoms with Crippen molar-refractivity contribution in [3.8, 4) is 5.75 Å². The number of benzene rings is 1. The van der Waals surface area contributed by atoms with Gasteiger partial charge in [-0.3, -0.25) is 4.79 Å². The van der Waals surface area contributed by atoms with Gasteiger partial charge in [0, 0.05) is 0 Å². The first-order chi connectivity index (χ1) is 15.7. The average Bonchev–Trinajstić information content (AvgIpc) is 2.84. The first kappa shape index (κ1) is 23.3. The van der Waals surface area contributed by atoms with E-state index in [1.807, 2.05) is 12.1 Å². The first-order valence-corrected chi connectivity index (χ1v) is 13.2. The number of aryl methyl sites for hydroxylation is 1. The number of carbonyl (C=O) groups is 1. The number of esters is 1. The van der Waals surface area contributed by atoms with Gasteiger partial charge in [-0.15, -0.1) is 6.58 Å². The second kappa shape index (κ2) is 11.3. The topological polar surface area (TPSA) is 26.3 Å². The van der Waals surface area contributed by atoms with E-state index in [0.717, 1.165) is 55.3 Å². The molecule has 0 radical (unpaired) electrons. The smallest absolute Gasteiger partial charge is 0.314 e. The van der Waals surface area contributed by atoms with Crippen molar-refractivity contribution in [2.75, 3.05) is 0 Å². The number of carbonyl (C=O) groups excluding carboxylic acids is 1. The van der Waals surface area contributed by atoms with Crippen LogP contribution >= 0.6 is 0 Å². The first-order valence-electron chi connectivity index (χ1n) is 13.2. The fourth-order valence-corrected chi connectivity index (χ4v) is 6.77. The maximum atomic E-state index is 12.8. The van der Waals surface area contributed by atoms with Crippen LogP contribution in [0.4, 0.5) is 0 Å². The van der Waals surface area contributed by atoms with E-state index in [9.17, 15) is 4.79 Å². The molecule has 0 amide bonds. The predicted octanol–water partition coefficient (Wildman–Crippen LogP) is 7.93. The van der Waals surface area contributed by atoms with Gasteiger partial charge < -0.3 is 4.74 Å².